The van der Waals surface area contributed by atoms with Crippen LogP contribution in [0.15, 0.2) is 24.3 Å². The first-order valence-corrected chi connectivity index (χ1v) is 7.98. The fourth-order valence-electron chi connectivity index (χ4n) is 2.86. The molecule has 21 heavy (non-hydrogen) atoms. The van der Waals surface area contributed by atoms with Crippen LogP contribution in [0.1, 0.15) is 51.9 Å². The molecule has 1 aliphatic rings. The van der Waals surface area contributed by atoms with Gasteiger partial charge in [-0.2, -0.15) is 0 Å². The first kappa shape index (κ1) is 16.0. The maximum Gasteiger partial charge on any atom is 0.241 e. The molecule has 0 saturated heterocycles. The van der Waals surface area contributed by atoms with Crippen LogP contribution >= 0.6 is 0 Å². The van der Waals surface area contributed by atoms with Crippen LogP contribution in [0, 0.1) is 5.82 Å². The lowest BCUT2D eigenvalue weighted by molar-refractivity contribution is -0.118. The fourth-order valence-corrected chi connectivity index (χ4v) is 2.86. The molecule has 0 bridgehead atoms. The average molecular weight is 292 g/mol. The van der Waals surface area contributed by atoms with Crippen molar-refractivity contribution in [2.75, 3.05) is 5.32 Å². The maximum absolute atomic E-state index is 13.5. The van der Waals surface area contributed by atoms with Crippen molar-refractivity contribution in [3.05, 3.63) is 30.1 Å². The molecule has 0 spiro atoms. The van der Waals surface area contributed by atoms with Gasteiger partial charge in [0, 0.05) is 6.04 Å². The third kappa shape index (κ3) is 5.12. The number of carbonyl (C=O) groups is 1. The van der Waals surface area contributed by atoms with E-state index in [1.807, 2.05) is 6.92 Å². The number of hydrogen-bond acceptors (Lipinski definition) is 2. The molecule has 1 amide bonds. The monoisotopic (exact) mass is 292 g/mol. The number of anilines is 1. The number of hydrogen-bond donors (Lipinski definition) is 2. The number of amides is 1. The molecule has 1 saturated carbocycles. The maximum atomic E-state index is 13.5. The molecule has 1 aromatic rings. The Morgan fingerprint density at radius 3 is 2.43 bits per heavy atom. The van der Waals surface area contributed by atoms with Gasteiger partial charge in [-0.05, 0) is 31.9 Å². The van der Waals surface area contributed by atoms with Crippen LogP contribution in [0.4, 0.5) is 10.1 Å². The molecule has 2 rings (SSSR count). The third-order valence-corrected chi connectivity index (χ3v) is 4.12. The Bertz CT molecular complexity index is 456. The second-order valence-corrected chi connectivity index (χ2v) is 5.90. The summed E-state index contributed by atoms with van der Waals surface area (Å²) in [7, 11) is 0. The highest BCUT2D eigenvalue weighted by Crippen LogP contribution is 2.18. The summed E-state index contributed by atoms with van der Waals surface area (Å²) in [6, 6.07) is 6.34. The normalized spacial score (nSPS) is 18.6. The van der Waals surface area contributed by atoms with Gasteiger partial charge in [0.05, 0.1) is 11.7 Å². The van der Waals surface area contributed by atoms with E-state index in [-0.39, 0.29) is 17.6 Å². The summed E-state index contributed by atoms with van der Waals surface area (Å²) < 4.78 is 13.5. The van der Waals surface area contributed by atoms with Crippen LogP contribution in [0.2, 0.25) is 0 Å². The third-order valence-electron chi connectivity index (χ3n) is 4.12. The molecule has 0 unspecified atom stereocenters. The predicted octanol–water partition coefficient (Wildman–Crippen LogP) is 3.86. The molecule has 0 aliphatic heterocycles. The zero-order valence-corrected chi connectivity index (χ0v) is 12.7. The Morgan fingerprint density at radius 2 is 1.76 bits per heavy atom. The molecular formula is C17H25FN2O. The Morgan fingerprint density at radius 1 is 1.14 bits per heavy atom. The molecule has 1 fully saturated rings. The second kappa shape index (κ2) is 8.13. The van der Waals surface area contributed by atoms with E-state index in [1.165, 1.54) is 38.2 Å². The van der Waals surface area contributed by atoms with Gasteiger partial charge in [0.2, 0.25) is 5.91 Å². The number of halogens is 1. The molecule has 2 N–H and O–H groups in total. The van der Waals surface area contributed by atoms with Gasteiger partial charge >= 0.3 is 0 Å². The lowest BCUT2D eigenvalue weighted by Gasteiger charge is -2.24. The lowest BCUT2D eigenvalue weighted by atomic mass is 9.96. The summed E-state index contributed by atoms with van der Waals surface area (Å²) >= 11 is 0. The van der Waals surface area contributed by atoms with Gasteiger partial charge in [-0.25, -0.2) is 4.39 Å². The van der Waals surface area contributed by atoms with Gasteiger partial charge in [-0.3, -0.25) is 4.79 Å². The topological polar surface area (TPSA) is 41.1 Å². The summed E-state index contributed by atoms with van der Waals surface area (Å²) in [5.41, 5.74) is 0.244. The Labute approximate surface area is 126 Å². The van der Waals surface area contributed by atoms with Crippen molar-refractivity contribution in [1.29, 1.82) is 0 Å². The van der Waals surface area contributed by atoms with Gasteiger partial charge < -0.3 is 10.6 Å². The van der Waals surface area contributed by atoms with Crippen LogP contribution in [0.25, 0.3) is 0 Å². The van der Waals surface area contributed by atoms with E-state index in [0.717, 1.165) is 12.8 Å². The van der Waals surface area contributed by atoms with Crippen molar-refractivity contribution in [3.8, 4) is 0 Å². The van der Waals surface area contributed by atoms with E-state index in [1.54, 1.807) is 18.2 Å². The molecular weight excluding hydrogens is 267 g/mol. The number of nitrogens with one attached hydrogen (secondary N) is 2. The molecule has 0 radical (unpaired) electrons. The highest BCUT2D eigenvalue weighted by molar-refractivity contribution is 5.94. The molecule has 0 heterocycles. The molecule has 116 valence electrons. The SMILES string of the molecule is C[C@H](NC1CCCCCCC1)C(=O)Nc1ccccc1F. The zero-order chi connectivity index (χ0) is 15.1. The minimum atomic E-state index is -0.399. The van der Waals surface area contributed by atoms with E-state index in [9.17, 15) is 9.18 Å². The van der Waals surface area contributed by atoms with Gasteiger partial charge in [0.15, 0.2) is 0 Å². The first-order chi connectivity index (χ1) is 10.2. The molecule has 3 nitrogen and oxygen atoms in total. The van der Waals surface area contributed by atoms with E-state index >= 15 is 0 Å². The molecule has 1 aromatic carbocycles. The molecule has 1 atom stereocenters. The quantitative estimate of drug-likeness (QED) is 0.885. The standard InChI is InChI=1S/C17H25FN2O/c1-13(19-14-9-5-3-2-4-6-10-14)17(21)20-16-12-8-7-11-15(16)18/h7-8,11-14,19H,2-6,9-10H2,1H3,(H,20,21)/t13-/m0/s1. The van der Waals surface area contributed by atoms with Crippen molar-refractivity contribution in [2.24, 2.45) is 0 Å². The average Bonchev–Trinajstić information content (AvgIpc) is 2.44. The second-order valence-electron chi connectivity index (χ2n) is 5.90. The minimum Gasteiger partial charge on any atom is -0.322 e. The van der Waals surface area contributed by atoms with E-state index < -0.39 is 5.82 Å². The smallest absolute Gasteiger partial charge is 0.241 e. The highest BCUT2D eigenvalue weighted by atomic mass is 19.1. The molecule has 4 heteroatoms. The van der Waals surface area contributed by atoms with Crippen molar-refractivity contribution < 1.29 is 9.18 Å². The fraction of sp³-hybridized carbons (Fsp3) is 0.588. The van der Waals surface area contributed by atoms with E-state index in [4.69, 9.17) is 0 Å². The van der Waals surface area contributed by atoms with Crippen molar-refractivity contribution in [3.63, 3.8) is 0 Å². The number of carbonyl (C=O) groups excluding carboxylic acids is 1. The van der Waals surface area contributed by atoms with Crippen molar-refractivity contribution in [1.82, 2.24) is 5.32 Å². The zero-order valence-electron chi connectivity index (χ0n) is 12.7. The number of para-hydroxylation sites is 1. The summed E-state index contributed by atoms with van der Waals surface area (Å²) in [6.45, 7) is 1.84. The summed E-state index contributed by atoms with van der Waals surface area (Å²) in [5.74, 6) is -0.578. The van der Waals surface area contributed by atoms with Gasteiger partial charge in [0.25, 0.3) is 0 Å². The summed E-state index contributed by atoms with van der Waals surface area (Å²) in [6.07, 6.45) is 8.59. The van der Waals surface area contributed by atoms with E-state index in [2.05, 4.69) is 10.6 Å². The highest BCUT2D eigenvalue weighted by Gasteiger charge is 2.19. The van der Waals surface area contributed by atoms with Gasteiger partial charge in [-0.1, -0.05) is 44.2 Å². The lowest BCUT2D eigenvalue weighted by Crippen LogP contribution is -2.44. The number of rotatable bonds is 4. The van der Waals surface area contributed by atoms with Crippen molar-refractivity contribution >= 4 is 11.6 Å². The number of benzene rings is 1. The Balaban J connectivity index is 1.85. The summed E-state index contributed by atoms with van der Waals surface area (Å²) in [5, 5.41) is 6.04. The Hall–Kier alpha value is -1.42. The first-order valence-electron chi connectivity index (χ1n) is 7.98. The van der Waals surface area contributed by atoms with Gasteiger partial charge in [0.1, 0.15) is 5.82 Å². The van der Waals surface area contributed by atoms with Crippen LogP contribution in [0.5, 0.6) is 0 Å². The van der Waals surface area contributed by atoms with Crippen LogP contribution in [-0.2, 0) is 4.79 Å². The van der Waals surface area contributed by atoms with Crippen molar-refractivity contribution in [2.45, 2.75) is 64.0 Å². The molecule has 1 aliphatic carbocycles. The largest absolute Gasteiger partial charge is 0.322 e. The predicted molar refractivity (Wildman–Crippen MR) is 83.7 cm³/mol. The van der Waals surface area contributed by atoms with E-state index in [0.29, 0.717) is 6.04 Å². The molecule has 0 aromatic heterocycles. The van der Waals surface area contributed by atoms with Crippen LogP contribution in [0.3, 0.4) is 0 Å². The van der Waals surface area contributed by atoms with Gasteiger partial charge in [-0.15, -0.1) is 0 Å². The summed E-state index contributed by atoms with van der Waals surface area (Å²) in [4.78, 5) is 12.2. The Kier molecular flexibility index (Phi) is 6.18. The van der Waals surface area contributed by atoms with Crippen LogP contribution in [-0.4, -0.2) is 18.0 Å². The van der Waals surface area contributed by atoms with Crippen LogP contribution < -0.4 is 10.6 Å². The minimum absolute atomic E-state index is 0.179.